The van der Waals surface area contributed by atoms with E-state index in [1.165, 1.54) is 6.07 Å². The van der Waals surface area contributed by atoms with Gasteiger partial charge < -0.3 is 10.5 Å². The van der Waals surface area contributed by atoms with Gasteiger partial charge in [0.25, 0.3) is 0 Å². The molecule has 82 valence electrons. The number of hydrogen-bond acceptors (Lipinski definition) is 2. The standard InChI is InChI=1S/C12H16FNO/c1-9-6-10(8-11(13)7-9)12(14)2-4-15-5-3-12/h6-8H,2-5,14H2,1H3. The minimum atomic E-state index is -0.412. The van der Waals surface area contributed by atoms with E-state index in [-0.39, 0.29) is 5.82 Å². The van der Waals surface area contributed by atoms with E-state index in [2.05, 4.69) is 0 Å². The Morgan fingerprint density at radius 2 is 1.93 bits per heavy atom. The minimum Gasteiger partial charge on any atom is -0.381 e. The molecule has 0 aliphatic carbocycles. The molecule has 1 aromatic rings. The first-order valence-electron chi connectivity index (χ1n) is 5.24. The fourth-order valence-electron chi connectivity index (χ4n) is 2.05. The monoisotopic (exact) mass is 209 g/mol. The van der Waals surface area contributed by atoms with Gasteiger partial charge in [0.1, 0.15) is 5.82 Å². The third kappa shape index (κ3) is 2.19. The first-order valence-corrected chi connectivity index (χ1v) is 5.24. The molecule has 0 aromatic heterocycles. The second kappa shape index (κ2) is 3.91. The number of hydrogen-bond donors (Lipinski definition) is 1. The summed E-state index contributed by atoms with van der Waals surface area (Å²) in [6.45, 7) is 3.20. The summed E-state index contributed by atoms with van der Waals surface area (Å²) in [6.07, 6.45) is 1.52. The van der Waals surface area contributed by atoms with E-state index in [4.69, 9.17) is 10.5 Å². The highest BCUT2D eigenvalue weighted by Gasteiger charge is 2.30. The van der Waals surface area contributed by atoms with Gasteiger partial charge in [0, 0.05) is 18.8 Å². The van der Waals surface area contributed by atoms with Crippen LogP contribution in [0, 0.1) is 12.7 Å². The first-order chi connectivity index (χ1) is 7.10. The number of rotatable bonds is 1. The normalized spacial score (nSPS) is 20.2. The molecule has 2 rings (SSSR count). The van der Waals surface area contributed by atoms with E-state index in [1.54, 1.807) is 6.07 Å². The van der Waals surface area contributed by atoms with Gasteiger partial charge in [-0.05, 0) is 43.0 Å². The fourth-order valence-corrected chi connectivity index (χ4v) is 2.05. The highest BCUT2D eigenvalue weighted by Crippen LogP contribution is 2.30. The van der Waals surface area contributed by atoms with Gasteiger partial charge in [-0.15, -0.1) is 0 Å². The Labute approximate surface area is 89.2 Å². The van der Waals surface area contributed by atoms with E-state index in [9.17, 15) is 4.39 Å². The van der Waals surface area contributed by atoms with Crippen LogP contribution in [-0.4, -0.2) is 13.2 Å². The Hall–Kier alpha value is -0.930. The van der Waals surface area contributed by atoms with Crippen LogP contribution in [0.1, 0.15) is 24.0 Å². The maximum Gasteiger partial charge on any atom is 0.123 e. The summed E-state index contributed by atoms with van der Waals surface area (Å²) in [5.41, 5.74) is 7.67. The molecule has 1 aromatic carbocycles. The van der Waals surface area contributed by atoms with Crippen LogP contribution in [-0.2, 0) is 10.3 Å². The van der Waals surface area contributed by atoms with Crippen LogP contribution in [0.3, 0.4) is 0 Å². The lowest BCUT2D eigenvalue weighted by Crippen LogP contribution is -2.42. The van der Waals surface area contributed by atoms with Gasteiger partial charge >= 0.3 is 0 Å². The number of halogens is 1. The van der Waals surface area contributed by atoms with Crippen LogP contribution < -0.4 is 5.73 Å². The Morgan fingerprint density at radius 3 is 2.53 bits per heavy atom. The fraction of sp³-hybridized carbons (Fsp3) is 0.500. The van der Waals surface area contributed by atoms with Gasteiger partial charge in [0.2, 0.25) is 0 Å². The zero-order valence-corrected chi connectivity index (χ0v) is 8.92. The lowest BCUT2D eigenvalue weighted by Gasteiger charge is -2.34. The largest absolute Gasteiger partial charge is 0.381 e. The molecule has 1 heterocycles. The second-order valence-electron chi connectivity index (χ2n) is 4.29. The average molecular weight is 209 g/mol. The molecule has 1 saturated heterocycles. The van der Waals surface area contributed by atoms with Crippen molar-refractivity contribution in [1.29, 1.82) is 0 Å². The lowest BCUT2D eigenvalue weighted by molar-refractivity contribution is 0.0521. The summed E-state index contributed by atoms with van der Waals surface area (Å²) >= 11 is 0. The van der Waals surface area contributed by atoms with Crippen molar-refractivity contribution in [1.82, 2.24) is 0 Å². The molecule has 2 nitrogen and oxygen atoms in total. The van der Waals surface area contributed by atoms with Gasteiger partial charge in [0.15, 0.2) is 0 Å². The quantitative estimate of drug-likeness (QED) is 0.768. The Balaban J connectivity index is 2.34. The topological polar surface area (TPSA) is 35.2 Å². The summed E-state index contributed by atoms with van der Waals surface area (Å²) in [4.78, 5) is 0. The maximum atomic E-state index is 13.3. The Kier molecular flexibility index (Phi) is 2.76. The van der Waals surface area contributed by atoms with Crippen molar-refractivity contribution in [3.8, 4) is 0 Å². The molecule has 0 atom stereocenters. The van der Waals surface area contributed by atoms with Crippen molar-refractivity contribution < 1.29 is 9.13 Å². The molecule has 0 radical (unpaired) electrons. The van der Waals surface area contributed by atoms with Crippen LogP contribution in [0.5, 0.6) is 0 Å². The summed E-state index contributed by atoms with van der Waals surface area (Å²) < 4.78 is 18.5. The van der Waals surface area contributed by atoms with Crippen LogP contribution in [0.25, 0.3) is 0 Å². The number of ether oxygens (including phenoxy) is 1. The minimum absolute atomic E-state index is 0.207. The average Bonchev–Trinajstić information content (AvgIpc) is 2.17. The zero-order chi connectivity index (χ0) is 10.9. The highest BCUT2D eigenvalue weighted by molar-refractivity contribution is 5.30. The molecule has 1 fully saturated rings. The lowest BCUT2D eigenvalue weighted by atomic mass is 9.83. The van der Waals surface area contributed by atoms with Crippen molar-refractivity contribution in [2.45, 2.75) is 25.3 Å². The van der Waals surface area contributed by atoms with Crippen LogP contribution >= 0.6 is 0 Å². The van der Waals surface area contributed by atoms with Gasteiger partial charge in [0.05, 0.1) is 0 Å². The van der Waals surface area contributed by atoms with Gasteiger partial charge in [-0.3, -0.25) is 0 Å². The van der Waals surface area contributed by atoms with Gasteiger partial charge in [-0.1, -0.05) is 6.07 Å². The smallest absolute Gasteiger partial charge is 0.123 e. The summed E-state index contributed by atoms with van der Waals surface area (Å²) in [6, 6.07) is 5.03. The molecule has 3 heteroatoms. The predicted octanol–water partition coefficient (Wildman–Crippen LogP) is 2.10. The van der Waals surface area contributed by atoms with Crippen molar-refractivity contribution in [3.63, 3.8) is 0 Å². The van der Waals surface area contributed by atoms with E-state index in [0.717, 1.165) is 24.0 Å². The third-order valence-electron chi connectivity index (χ3n) is 3.00. The summed E-state index contributed by atoms with van der Waals surface area (Å²) in [7, 11) is 0. The molecule has 1 aliphatic heterocycles. The van der Waals surface area contributed by atoms with Crippen molar-refractivity contribution in [3.05, 3.63) is 35.1 Å². The van der Waals surface area contributed by atoms with E-state index < -0.39 is 5.54 Å². The molecule has 1 aliphatic rings. The van der Waals surface area contributed by atoms with Gasteiger partial charge in [-0.25, -0.2) is 4.39 Å². The summed E-state index contributed by atoms with van der Waals surface area (Å²) in [5, 5.41) is 0. The SMILES string of the molecule is Cc1cc(F)cc(C2(N)CCOCC2)c1. The van der Waals surface area contributed by atoms with E-state index in [0.29, 0.717) is 13.2 Å². The molecule has 2 N–H and O–H groups in total. The number of benzene rings is 1. The first kappa shape index (κ1) is 10.6. The third-order valence-corrected chi connectivity index (χ3v) is 3.00. The van der Waals surface area contributed by atoms with Crippen molar-refractivity contribution in [2.24, 2.45) is 5.73 Å². The van der Waals surface area contributed by atoms with Crippen molar-refractivity contribution in [2.75, 3.05) is 13.2 Å². The Morgan fingerprint density at radius 1 is 1.27 bits per heavy atom. The molecular formula is C12H16FNO. The Bertz CT molecular complexity index is 338. The van der Waals surface area contributed by atoms with Crippen LogP contribution in [0.4, 0.5) is 4.39 Å². The zero-order valence-electron chi connectivity index (χ0n) is 8.92. The molecule has 0 spiro atoms. The summed E-state index contributed by atoms with van der Waals surface area (Å²) in [5.74, 6) is -0.207. The molecule has 0 amide bonds. The van der Waals surface area contributed by atoms with E-state index in [1.807, 2.05) is 13.0 Å². The highest BCUT2D eigenvalue weighted by atomic mass is 19.1. The second-order valence-corrected chi connectivity index (χ2v) is 4.29. The predicted molar refractivity (Wildman–Crippen MR) is 57.1 cm³/mol. The molecule has 0 bridgehead atoms. The van der Waals surface area contributed by atoms with Crippen LogP contribution in [0.15, 0.2) is 18.2 Å². The van der Waals surface area contributed by atoms with E-state index >= 15 is 0 Å². The molecule has 15 heavy (non-hydrogen) atoms. The number of aryl methyl sites for hydroxylation is 1. The van der Waals surface area contributed by atoms with Crippen LogP contribution in [0.2, 0.25) is 0 Å². The molecular weight excluding hydrogens is 193 g/mol. The molecule has 0 saturated carbocycles. The maximum absolute atomic E-state index is 13.3. The molecule has 0 unspecified atom stereocenters. The van der Waals surface area contributed by atoms with Crippen molar-refractivity contribution >= 4 is 0 Å². The van der Waals surface area contributed by atoms with Gasteiger partial charge in [-0.2, -0.15) is 0 Å². The number of nitrogens with two attached hydrogens (primary N) is 1.